The molecule has 3 saturated heterocycles. The Balaban J connectivity index is 0.000000300. The zero-order valence-corrected chi connectivity index (χ0v) is 16.8. The lowest BCUT2D eigenvalue weighted by atomic mass is 9.77. The van der Waals surface area contributed by atoms with Crippen LogP contribution in [0, 0.1) is 5.92 Å². The first-order valence-corrected chi connectivity index (χ1v) is 10.2. The van der Waals surface area contributed by atoms with Crippen molar-refractivity contribution in [3.8, 4) is 5.88 Å². The SMILES string of the molecule is CCC=CCCOc1nsnc1C1CN2CCC1CC2.O=C(O)/C=C/C(=O)O. The predicted molar refractivity (Wildman–Crippen MR) is 106 cm³/mol. The number of ether oxygens (including phenoxy) is 1. The summed E-state index contributed by atoms with van der Waals surface area (Å²) in [6.45, 7) is 6.51. The van der Waals surface area contributed by atoms with Gasteiger partial charge in [0.25, 0.3) is 0 Å². The summed E-state index contributed by atoms with van der Waals surface area (Å²) >= 11 is 1.29. The van der Waals surface area contributed by atoms with Crippen LogP contribution in [-0.4, -0.2) is 62.0 Å². The van der Waals surface area contributed by atoms with Crippen molar-refractivity contribution in [3.05, 3.63) is 30.0 Å². The molecule has 3 aliphatic rings. The number of carbonyl (C=O) groups is 2. The molecule has 4 rings (SSSR count). The number of nitrogens with zero attached hydrogens (tertiary/aromatic N) is 3. The van der Waals surface area contributed by atoms with Crippen molar-refractivity contribution in [2.24, 2.45) is 5.92 Å². The van der Waals surface area contributed by atoms with Crippen molar-refractivity contribution >= 4 is 23.7 Å². The van der Waals surface area contributed by atoms with Crippen LogP contribution in [0.2, 0.25) is 0 Å². The van der Waals surface area contributed by atoms with Crippen molar-refractivity contribution < 1.29 is 24.5 Å². The number of hydrogen-bond donors (Lipinski definition) is 2. The Morgan fingerprint density at radius 1 is 1.18 bits per heavy atom. The molecule has 3 aliphatic heterocycles. The Morgan fingerprint density at radius 3 is 2.39 bits per heavy atom. The van der Waals surface area contributed by atoms with E-state index in [1.54, 1.807) is 0 Å². The zero-order valence-electron chi connectivity index (χ0n) is 16.0. The molecule has 1 atom stereocenters. The molecule has 0 radical (unpaired) electrons. The average Bonchev–Trinajstić information content (AvgIpc) is 3.16. The predicted octanol–water partition coefficient (Wildman–Crippen LogP) is 2.79. The van der Waals surface area contributed by atoms with Gasteiger partial charge in [-0.1, -0.05) is 19.1 Å². The fourth-order valence-corrected chi connectivity index (χ4v) is 4.00. The summed E-state index contributed by atoms with van der Waals surface area (Å²) in [5, 5.41) is 15.6. The highest BCUT2D eigenvalue weighted by atomic mass is 32.1. The topological polar surface area (TPSA) is 113 Å². The third-order valence-corrected chi connectivity index (χ3v) is 5.31. The first kappa shape index (κ1) is 22.0. The molecule has 8 nitrogen and oxygen atoms in total. The Kier molecular flexibility index (Phi) is 9.09. The van der Waals surface area contributed by atoms with E-state index in [2.05, 4.69) is 32.7 Å². The fraction of sp³-hybridized carbons (Fsp3) is 0.579. The van der Waals surface area contributed by atoms with Crippen LogP contribution in [0.25, 0.3) is 0 Å². The number of rotatable bonds is 8. The van der Waals surface area contributed by atoms with E-state index in [0.717, 1.165) is 36.9 Å². The number of hydrogen-bond acceptors (Lipinski definition) is 7. The summed E-state index contributed by atoms with van der Waals surface area (Å²) in [6, 6.07) is 0. The van der Waals surface area contributed by atoms with Crippen molar-refractivity contribution in [1.82, 2.24) is 13.6 Å². The molecule has 28 heavy (non-hydrogen) atoms. The fourth-order valence-electron chi connectivity index (χ4n) is 3.44. The van der Waals surface area contributed by atoms with Crippen LogP contribution >= 0.6 is 11.7 Å². The summed E-state index contributed by atoms with van der Waals surface area (Å²) in [7, 11) is 0. The van der Waals surface area contributed by atoms with Crippen molar-refractivity contribution in [2.45, 2.75) is 38.5 Å². The summed E-state index contributed by atoms with van der Waals surface area (Å²) in [5.41, 5.74) is 1.11. The van der Waals surface area contributed by atoms with Crippen LogP contribution in [0.4, 0.5) is 0 Å². The number of allylic oxidation sites excluding steroid dienone is 1. The quantitative estimate of drug-likeness (QED) is 0.383. The highest BCUT2D eigenvalue weighted by Gasteiger charge is 2.38. The van der Waals surface area contributed by atoms with Crippen LogP contribution in [0.5, 0.6) is 5.88 Å². The Hall–Kier alpha value is -2.26. The average molecular weight is 410 g/mol. The van der Waals surface area contributed by atoms with Gasteiger partial charge in [-0.2, -0.15) is 4.37 Å². The zero-order chi connectivity index (χ0) is 20.4. The number of fused-ring (bicyclic) bond motifs is 3. The molecule has 2 bridgehead atoms. The lowest BCUT2D eigenvalue weighted by Crippen LogP contribution is -2.46. The molecule has 0 amide bonds. The van der Waals surface area contributed by atoms with Gasteiger partial charge in [-0.05, 0) is 44.7 Å². The molecule has 0 aromatic carbocycles. The van der Waals surface area contributed by atoms with Crippen LogP contribution in [0.1, 0.15) is 44.2 Å². The molecule has 9 heteroatoms. The van der Waals surface area contributed by atoms with Gasteiger partial charge >= 0.3 is 11.9 Å². The minimum Gasteiger partial charge on any atom is -0.478 e. The smallest absolute Gasteiger partial charge is 0.328 e. The van der Waals surface area contributed by atoms with E-state index in [9.17, 15) is 9.59 Å². The molecule has 1 aromatic heterocycles. The summed E-state index contributed by atoms with van der Waals surface area (Å²) < 4.78 is 14.7. The van der Waals surface area contributed by atoms with Gasteiger partial charge in [-0.3, -0.25) is 0 Å². The standard InChI is InChI=1S/C15H23N3OS.C4H4O4/c1-2-3-4-5-10-19-15-14(16-20-17-15)13-11-18-8-6-12(13)7-9-18;5-3(6)1-2-4(7)8/h3-4,12-13H,2,5-11H2,1H3;1-2H,(H,5,6)(H,7,8)/b;2-1+. The summed E-state index contributed by atoms with van der Waals surface area (Å²) in [4.78, 5) is 21.7. The van der Waals surface area contributed by atoms with E-state index in [1.807, 2.05) is 0 Å². The van der Waals surface area contributed by atoms with E-state index in [4.69, 9.17) is 14.9 Å². The summed E-state index contributed by atoms with van der Waals surface area (Å²) in [5.74, 6) is -0.401. The third kappa shape index (κ3) is 7.05. The van der Waals surface area contributed by atoms with Gasteiger partial charge in [0.2, 0.25) is 5.88 Å². The van der Waals surface area contributed by atoms with Gasteiger partial charge in [0, 0.05) is 24.6 Å². The number of aromatic nitrogens is 2. The number of carboxylic acids is 2. The minimum atomic E-state index is -1.26. The second kappa shape index (κ2) is 11.6. The maximum absolute atomic E-state index is 9.55. The molecular formula is C19H27N3O5S. The first-order valence-electron chi connectivity index (χ1n) is 9.47. The normalized spacial score (nSPS) is 23.5. The second-order valence-electron chi connectivity index (χ2n) is 6.73. The molecular weight excluding hydrogens is 382 g/mol. The maximum Gasteiger partial charge on any atom is 0.328 e. The van der Waals surface area contributed by atoms with Gasteiger partial charge in [0.15, 0.2) is 0 Å². The number of aliphatic carboxylic acids is 2. The van der Waals surface area contributed by atoms with Crippen LogP contribution < -0.4 is 4.74 Å². The van der Waals surface area contributed by atoms with Gasteiger partial charge in [0.05, 0.1) is 18.3 Å². The van der Waals surface area contributed by atoms with Crippen LogP contribution in [0.15, 0.2) is 24.3 Å². The third-order valence-electron chi connectivity index (χ3n) is 4.78. The largest absolute Gasteiger partial charge is 0.478 e. The molecule has 1 aromatic rings. The molecule has 3 fully saturated rings. The van der Waals surface area contributed by atoms with E-state index in [-0.39, 0.29) is 0 Å². The van der Waals surface area contributed by atoms with Crippen LogP contribution in [-0.2, 0) is 9.59 Å². The van der Waals surface area contributed by atoms with E-state index in [1.165, 1.54) is 37.7 Å². The molecule has 4 heterocycles. The highest BCUT2D eigenvalue weighted by molar-refractivity contribution is 6.99. The number of carboxylic acid groups (broad SMARTS) is 2. The lowest BCUT2D eigenvalue weighted by Gasteiger charge is -2.44. The summed E-state index contributed by atoms with van der Waals surface area (Å²) in [6.07, 6.45) is 10.1. The molecule has 0 saturated carbocycles. The Labute approximate surface area is 168 Å². The van der Waals surface area contributed by atoms with Gasteiger partial charge in [0.1, 0.15) is 5.69 Å². The minimum absolute atomic E-state index is 0.539. The van der Waals surface area contributed by atoms with E-state index < -0.39 is 11.9 Å². The monoisotopic (exact) mass is 409 g/mol. The molecule has 0 aliphatic carbocycles. The van der Waals surface area contributed by atoms with Crippen molar-refractivity contribution in [2.75, 3.05) is 26.2 Å². The Bertz CT molecular complexity index is 679. The highest BCUT2D eigenvalue weighted by Crippen LogP contribution is 2.41. The van der Waals surface area contributed by atoms with Gasteiger partial charge in [-0.15, -0.1) is 4.37 Å². The van der Waals surface area contributed by atoms with Crippen molar-refractivity contribution in [1.29, 1.82) is 0 Å². The number of piperidine rings is 3. The molecule has 1 unspecified atom stereocenters. The lowest BCUT2D eigenvalue weighted by molar-refractivity contribution is -0.134. The first-order chi connectivity index (χ1) is 13.5. The van der Waals surface area contributed by atoms with E-state index >= 15 is 0 Å². The van der Waals surface area contributed by atoms with Gasteiger partial charge in [-0.25, -0.2) is 9.59 Å². The molecule has 154 valence electrons. The molecule has 2 N–H and O–H groups in total. The Morgan fingerprint density at radius 2 is 1.86 bits per heavy atom. The van der Waals surface area contributed by atoms with Gasteiger partial charge < -0.3 is 19.8 Å². The van der Waals surface area contributed by atoms with Crippen LogP contribution in [0.3, 0.4) is 0 Å². The maximum atomic E-state index is 9.55. The van der Waals surface area contributed by atoms with Crippen molar-refractivity contribution in [3.63, 3.8) is 0 Å². The molecule has 0 spiro atoms. The second-order valence-corrected chi connectivity index (χ2v) is 7.25. The van der Waals surface area contributed by atoms with E-state index in [0.29, 0.717) is 24.7 Å².